The molecule has 1 rings (SSSR count). The topological polar surface area (TPSA) is 58.6 Å². The molecule has 1 atom stereocenters. The standard InChI is InChI=1S/C19H31NO3/c1-4-7-16(8-5-2)14-23-18-10-6-9-17(13-18)19(22)11-12-20-15(3)21/h6,9-10,13,16,19,22H,4-5,7-8,11-12,14H2,1-3H3,(H,20,21). The van der Waals surface area contributed by atoms with Crippen LogP contribution in [0.1, 0.15) is 64.5 Å². The Hall–Kier alpha value is -1.55. The SMILES string of the molecule is CCCC(CCC)COc1cccc(C(O)CCNC(C)=O)c1. The van der Waals surface area contributed by atoms with Crippen LogP contribution in [0.2, 0.25) is 0 Å². The highest BCUT2D eigenvalue weighted by Crippen LogP contribution is 2.23. The van der Waals surface area contributed by atoms with Crippen molar-refractivity contribution < 1.29 is 14.6 Å². The molecule has 0 aliphatic rings. The summed E-state index contributed by atoms with van der Waals surface area (Å²) in [6.45, 7) is 7.08. The zero-order valence-electron chi connectivity index (χ0n) is 14.7. The van der Waals surface area contributed by atoms with E-state index in [0.717, 1.165) is 17.9 Å². The second-order valence-corrected chi connectivity index (χ2v) is 6.11. The van der Waals surface area contributed by atoms with Crippen LogP contribution in [-0.2, 0) is 4.79 Å². The number of aliphatic hydroxyl groups is 1. The summed E-state index contributed by atoms with van der Waals surface area (Å²) < 4.78 is 5.93. The Morgan fingerprint density at radius 1 is 1.22 bits per heavy atom. The number of carbonyl (C=O) groups is 1. The van der Waals surface area contributed by atoms with E-state index < -0.39 is 6.10 Å². The van der Waals surface area contributed by atoms with Crippen LogP contribution in [0.4, 0.5) is 0 Å². The van der Waals surface area contributed by atoms with Crippen LogP contribution in [0.5, 0.6) is 5.75 Å². The lowest BCUT2D eigenvalue weighted by Gasteiger charge is -2.17. The quantitative estimate of drug-likeness (QED) is 0.651. The number of amides is 1. The number of carbonyl (C=O) groups excluding carboxylic acids is 1. The molecule has 4 heteroatoms. The van der Waals surface area contributed by atoms with E-state index in [4.69, 9.17) is 4.74 Å². The smallest absolute Gasteiger partial charge is 0.216 e. The van der Waals surface area contributed by atoms with Crippen LogP contribution in [0.25, 0.3) is 0 Å². The molecule has 0 heterocycles. The number of benzene rings is 1. The maximum Gasteiger partial charge on any atom is 0.216 e. The van der Waals surface area contributed by atoms with Crippen LogP contribution in [0, 0.1) is 5.92 Å². The van der Waals surface area contributed by atoms with E-state index in [1.165, 1.54) is 32.6 Å². The largest absolute Gasteiger partial charge is 0.493 e. The van der Waals surface area contributed by atoms with Crippen LogP contribution < -0.4 is 10.1 Å². The summed E-state index contributed by atoms with van der Waals surface area (Å²) in [6, 6.07) is 7.62. The Kier molecular flexibility index (Phi) is 9.37. The van der Waals surface area contributed by atoms with Gasteiger partial charge in [-0.25, -0.2) is 0 Å². The molecule has 4 nitrogen and oxygen atoms in total. The molecule has 0 saturated heterocycles. The number of hydrogen-bond acceptors (Lipinski definition) is 3. The number of ether oxygens (including phenoxy) is 1. The van der Waals surface area contributed by atoms with Crippen molar-refractivity contribution in [1.82, 2.24) is 5.32 Å². The predicted octanol–water partition coefficient (Wildman–Crippen LogP) is 3.84. The molecular weight excluding hydrogens is 290 g/mol. The van der Waals surface area contributed by atoms with Gasteiger partial charge < -0.3 is 15.2 Å². The van der Waals surface area contributed by atoms with Gasteiger partial charge in [-0.1, -0.05) is 38.8 Å². The maximum atomic E-state index is 10.9. The van der Waals surface area contributed by atoms with Gasteiger partial charge >= 0.3 is 0 Å². The van der Waals surface area contributed by atoms with Gasteiger partial charge in [-0.05, 0) is 42.9 Å². The average Bonchev–Trinajstić information content (AvgIpc) is 2.53. The van der Waals surface area contributed by atoms with Crippen LogP contribution in [0.15, 0.2) is 24.3 Å². The molecule has 0 fully saturated rings. The van der Waals surface area contributed by atoms with E-state index >= 15 is 0 Å². The lowest BCUT2D eigenvalue weighted by molar-refractivity contribution is -0.119. The first kappa shape index (κ1) is 19.5. The van der Waals surface area contributed by atoms with Gasteiger partial charge in [0.2, 0.25) is 5.91 Å². The van der Waals surface area contributed by atoms with E-state index in [0.29, 0.717) is 18.9 Å². The highest BCUT2D eigenvalue weighted by Gasteiger charge is 2.11. The van der Waals surface area contributed by atoms with Crippen LogP contribution in [0.3, 0.4) is 0 Å². The summed E-state index contributed by atoms with van der Waals surface area (Å²) in [5, 5.41) is 12.9. The maximum absolute atomic E-state index is 10.9. The first-order valence-electron chi connectivity index (χ1n) is 8.72. The molecule has 1 aromatic rings. The summed E-state index contributed by atoms with van der Waals surface area (Å²) in [4.78, 5) is 10.9. The van der Waals surface area contributed by atoms with Crippen LogP contribution in [-0.4, -0.2) is 24.2 Å². The second kappa shape index (κ2) is 11.1. The van der Waals surface area contributed by atoms with E-state index in [-0.39, 0.29) is 5.91 Å². The Labute approximate surface area is 140 Å². The van der Waals surface area contributed by atoms with Crippen LogP contribution >= 0.6 is 0 Å². The summed E-state index contributed by atoms with van der Waals surface area (Å²) >= 11 is 0. The third kappa shape index (κ3) is 8.03. The fourth-order valence-electron chi connectivity index (χ4n) is 2.70. The van der Waals surface area contributed by atoms with E-state index in [1.807, 2.05) is 24.3 Å². The minimum atomic E-state index is -0.590. The van der Waals surface area contributed by atoms with E-state index in [2.05, 4.69) is 19.2 Å². The van der Waals surface area contributed by atoms with Gasteiger partial charge in [-0.3, -0.25) is 4.79 Å². The van der Waals surface area contributed by atoms with Gasteiger partial charge in [0.15, 0.2) is 0 Å². The zero-order valence-corrected chi connectivity index (χ0v) is 14.7. The molecule has 1 aromatic carbocycles. The van der Waals surface area contributed by atoms with Crippen molar-refractivity contribution in [2.24, 2.45) is 5.92 Å². The molecule has 23 heavy (non-hydrogen) atoms. The van der Waals surface area contributed by atoms with Gasteiger partial charge in [0, 0.05) is 13.5 Å². The predicted molar refractivity (Wildman–Crippen MR) is 93.5 cm³/mol. The number of nitrogens with one attached hydrogen (secondary N) is 1. The molecule has 1 unspecified atom stereocenters. The van der Waals surface area contributed by atoms with Gasteiger partial charge in [0.05, 0.1) is 12.7 Å². The molecule has 2 N–H and O–H groups in total. The molecule has 0 bridgehead atoms. The van der Waals surface area contributed by atoms with E-state index in [1.54, 1.807) is 0 Å². The first-order chi connectivity index (χ1) is 11.1. The minimum Gasteiger partial charge on any atom is -0.493 e. The number of hydrogen-bond donors (Lipinski definition) is 2. The van der Waals surface area contributed by atoms with Gasteiger partial charge in [-0.15, -0.1) is 0 Å². The summed E-state index contributed by atoms with van der Waals surface area (Å²) in [6.07, 6.45) is 4.63. The molecule has 0 radical (unpaired) electrons. The Morgan fingerprint density at radius 2 is 1.91 bits per heavy atom. The monoisotopic (exact) mass is 321 g/mol. The summed E-state index contributed by atoms with van der Waals surface area (Å²) in [7, 11) is 0. The summed E-state index contributed by atoms with van der Waals surface area (Å²) in [5.41, 5.74) is 0.829. The first-order valence-corrected chi connectivity index (χ1v) is 8.72. The normalized spacial score (nSPS) is 12.2. The molecule has 1 amide bonds. The molecule has 130 valence electrons. The van der Waals surface area contributed by atoms with Crippen molar-refractivity contribution in [2.45, 2.75) is 59.0 Å². The second-order valence-electron chi connectivity index (χ2n) is 6.11. The third-order valence-corrected chi connectivity index (χ3v) is 3.91. The van der Waals surface area contributed by atoms with Crippen molar-refractivity contribution in [2.75, 3.05) is 13.2 Å². The van der Waals surface area contributed by atoms with Gasteiger partial charge in [-0.2, -0.15) is 0 Å². The molecule has 0 aliphatic heterocycles. The fourth-order valence-corrected chi connectivity index (χ4v) is 2.70. The molecule has 0 saturated carbocycles. The van der Waals surface area contributed by atoms with Gasteiger partial charge in [0.1, 0.15) is 5.75 Å². The highest BCUT2D eigenvalue weighted by molar-refractivity contribution is 5.72. The molecule has 0 aliphatic carbocycles. The Bertz CT molecular complexity index is 456. The zero-order chi connectivity index (χ0) is 17.1. The molecular formula is C19H31NO3. The van der Waals surface area contributed by atoms with Crippen molar-refractivity contribution >= 4 is 5.91 Å². The highest BCUT2D eigenvalue weighted by atomic mass is 16.5. The van der Waals surface area contributed by atoms with Crippen molar-refractivity contribution in [3.05, 3.63) is 29.8 Å². The number of rotatable bonds is 11. The Morgan fingerprint density at radius 3 is 2.52 bits per heavy atom. The minimum absolute atomic E-state index is 0.0767. The molecule has 0 aromatic heterocycles. The fraction of sp³-hybridized carbons (Fsp3) is 0.632. The average molecular weight is 321 g/mol. The number of aliphatic hydroxyl groups excluding tert-OH is 1. The van der Waals surface area contributed by atoms with Crippen molar-refractivity contribution in [1.29, 1.82) is 0 Å². The third-order valence-electron chi connectivity index (χ3n) is 3.91. The van der Waals surface area contributed by atoms with Crippen molar-refractivity contribution in [3.63, 3.8) is 0 Å². The summed E-state index contributed by atoms with van der Waals surface area (Å²) in [5.74, 6) is 1.32. The van der Waals surface area contributed by atoms with Crippen molar-refractivity contribution in [3.8, 4) is 5.75 Å². The lowest BCUT2D eigenvalue weighted by Crippen LogP contribution is -2.22. The molecule has 0 spiro atoms. The van der Waals surface area contributed by atoms with E-state index in [9.17, 15) is 9.90 Å². The lowest BCUT2D eigenvalue weighted by atomic mass is 9.99. The Balaban J connectivity index is 2.53. The van der Waals surface area contributed by atoms with Gasteiger partial charge in [0.25, 0.3) is 0 Å².